The second kappa shape index (κ2) is 7.70. The van der Waals surface area contributed by atoms with Crippen molar-refractivity contribution in [2.24, 2.45) is 0 Å². The van der Waals surface area contributed by atoms with Gasteiger partial charge in [0.25, 0.3) is 35.7 Å². The Kier molecular flexibility index (Phi) is 5.54. The molecule has 3 aromatic rings. The maximum Gasteiger partial charge on any atom is 0.252 e. The molecule has 0 aliphatic heterocycles. The zero-order valence-electron chi connectivity index (χ0n) is 14.0. The second-order valence-corrected chi connectivity index (χ2v) is 5.64. The zero-order valence-corrected chi connectivity index (χ0v) is 14.0. The van der Waals surface area contributed by atoms with Crippen LogP contribution in [-0.2, 0) is 0 Å². The van der Waals surface area contributed by atoms with Crippen molar-refractivity contribution in [1.29, 1.82) is 0 Å². The monoisotopic (exact) mass is 463 g/mol. The van der Waals surface area contributed by atoms with Gasteiger partial charge in [-0.25, -0.2) is 26.3 Å². The van der Waals surface area contributed by atoms with E-state index in [0.717, 1.165) is 0 Å². The third-order valence-corrected chi connectivity index (χ3v) is 3.96. The summed E-state index contributed by atoms with van der Waals surface area (Å²) < 4.78 is 167. The lowest BCUT2D eigenvalue weighted by Gasteiger charge is -2.22. The van der Waals surface area contributed by atoms with Crippen LogP contribution in [0.2, 0.25) is 0 Å². The van der Waals surface area contributed by atoms with Crippen molar-refractivity contribution in [3.05, 3.63) is 87.3 Å². The molecule has 0 fully saturated rings. The highest BCUT2D eigenvalue weighted by Gasteiger charge is 2.40. The van der Waals surface area contributed by atoms with Crippen LogP contribution in [-0.4, -0.2) is 15.0 Å². The highest BCUT2D eigenvalue weighted by atomic mass is 19.2. The Balaban J connectivity index is 2.61. The Labute approximate surface area is 162 Å². The van der Waals surface area contributed by atoms with Gasteiger partial charge in [0.1, 0.15) is 0 Å². The summed E-state index contributed by atoms with van der Waals surface area (Å²) in [7, 11) is 0. The van der Waals surface area contributed by atoms with Gasteiger partial charge in [0.2, 0.25) is 0 Å². The molecule has 0 radical (unpaired) electrons. The number of halogens is 12. The van der Waals surface area contributed by atoms with E-state index < -0.39 is 93.2 Å². The number of rotatable bonds is 3. The Bertz CT molecular complexity index is 1000. The predicted molar refractivity (Wildman–Crippen MR) is 73.2 cm³/mol. The third kappa shape index (κ3) is 3.42. The normalized spacial score (nSPS) is 11.5. The number of nitrogens with zero attached hydrogens (tertiary/aromatic N) is 3. The Morgan fingerprint density at radius 2 is 0.484 bits per heavy atom. The average molecular weight is 463 g/mol. The molecule has 0 unspecified atom stereocenters. The van der Waals surface area contributed by atoms with Crippen LogP contribution in [0.5, 0.6) is 0 Å². The molecule has 3 rings (SSSR count). The van der Waals surface area contributed by atoms with Crippen LogP contribution in [0.3, 0.4) is 0 Å². The first-order valence-electron chi connectivity index (χ1n) is 7.48. The van der Waals surface area contributed by atoms with E-state index in [1.54, 1.807) is 0 Å². The average Bonchev–Trinajstić information content (AvgIpc) is 2.69. The van der Waals surface area contributed by atoms with Gasteiger partial charge in [-0.05, 0) is 0 Å². The topological polar surface area (TPSA) is 38.7 Å². The van der Waals surface area contributed by atoms with Crippen molar-refractivity contribution in [2.45, 2.75) is 5.92 Å². The van der Waals surface area contributed by atoms with Gasteiger partial charge in [-0.2, -0.15) is 41.3 Å². The number of pyridine rings is 3. The first-order chi connectivity index (χ1) is 14.4. The fourth-order valence-corrected chi connectivity index (χ4v) is 2.70. The molecule has 0 aromatic carbocycles. The van der Waals surface area contributed by atoms with Crippen molar-refractivity contribution in [3.63, 3.8) is 0 Å². The molecule has 0 saturated heterocycles. The molecular weight excluding hydrogens is 462 g/mol. The maximum atomic E-state index is 14.3. The van der Waals surface area contributed by atoms with Crippen molar-refractivity contribution in [1.82, 2.24) is 15.0 Å². The second-order valence-electron chi connectivity index (χ2n) is 5.64. The lowest BCUT2D eigenvalue weighted by molar-refractivity contribution is 0.364. The van der Waals surface area contributed by atoms with Crippen LogP contribution < -0.4 is 0 Å². The largest absolute Gasteiger partial charge is 0.252 e. The molecule has 3 nitrogen and oxygen atoms in total. The van der Waals surface area contributed by atoms with Gasteiger partial charge in [0.05, 0.1) is 5.92 Å². The molecule has 0 spiro atoms. The van der Waals surface area contributed by atoms with Gasteiger partial charge in [-0.3, -0.25) is 0 Å². The summed E-state index contributed by atoms with van der Waals surface area (Å²) in [6.45, 7) is 0. The van der Waals surface area contributed by atoms with E-state index in [0.29, 0.717) is 0 Å². The molecule has 0 bridgehead atoms. The van der Waals surface area contributed by atoms with Gasteiger partial charge >= 0.3 is 0 Å². The van der Waals surface area contributed by atoms with Crippen LogP contribution in [0.25, 0.3) is 0 Å². The van der Waals surface area contributed by atoms with E-state index >= 15 is 0 Å². The van der Waals surface area contributed by atoms with Gasteiger partial charge in [-0.1, -0.05) is 0 Å². The molecule has 0 saturated carbocycles. The Morgan fingerprint density at radius 3 is 0.645 bits per heavy atom. The molecule has 0 aliphatic carbocycles. The SMILES string of the molecule is Fc1nc(F)c(F)c(C(c2c(F)c(F)nc(F)c2F)c2c(F)c(F)nc(F)c2F)c1F. The first-order valence-corrected chi connectivity index (χ1v) is 7.48. The molecule has 0 aliphatic rings. The molecule has 164 valence electrons. The minimum Gasteiger partial charge on any atom is -0.201 e. The highest BCUT2D eigenvalue weighted by Crippen LogP contribution is 2.41. The van der Waals surface area contributed by atoms with Gasteiger partial charge in [0.15, 0.2) is 34.9 Å². The summed E-state index contributed by atoms with van der Waals surface area (Å²) in [5, 5.41) is 0. The molecule has 3 aromatic heterocycles. The number of hydrogen-bond acceptors (Lipinski definition) is 3. The van der Waals surface area contributed by atoms with Crippen LogP contribution in [0.1, 0.15) is 22.6 Å². The van der Waals surface area contributed by atoms with Gasteiger partial charge in [-0.15, -0.1) is 0 Å². The van der Waals surface area contributed by atoms with E-state index in [4.69, 9.17) is 0 Å². The molecule has 31 heavy (non-hydrogen) atoms. The Morgan fingerprint density at radius 1 is 0.323 bits per heavy atom. The summed E-state index contributed by atoms with van der Waals surface area (Å²) in [5.41, 5.74) is -6.97. The molecule has 3 heterocycles. The van der Waals surface area contributed by atoms with E-state index in [1.807, 2.05) is 0 Å². The molecule has 15 heteroatoms. The van der Waals surface area contributed by atoms with Crippen molar-refractivity contribution in [3.8, 4) is 0 Å². The van der Waals surface area contributed by atoms with Crippen LogP contribution in [0.15, 0.2) is 0 Å². The van der Waals surface area contributed by atoms with E-state index in [9.17, 15) is 52.7 Å². The maximum absolute atomic E-state index is 14.3. The molecule has 0 N–H and O–H groups in total. The van der Waals surface area contributed by atoms with Crippen molar-refractivity contribution < 1.29 is 52.7 Å². The summed E-state index contributed by atoms with van der Waals surface area (Å²) in [6, 6.07) is 0. The minimum atomic E-state index is -3.56. The van der Waals surface area contributed by atoms with Crippen LogP contribution in [0, 0.1) is 70.6 Å². The standard InChI is InChI=1S/C16HF12N3/c17-5-2(6(18)12(24)29-11(5)23)1(3-7(19)13(25)30-14(26)8(3)20)4-9(21)15(27)31-16(28)10(4)22/h1H. The molecular formula is C16HF12N3. The van der Waals surface area contributed by atoms with Gasteiger partial charge in [0, 0.05) is 16.7 Å². The number of hydrogen-bond donors (Lipinski definition) is 0. The molecule has 0 amide bonds. The van der Waals surface area contributed by atoms with E-state index in [1.165, 1.54) is 0 Å². The summed E-state index contributed by atoms with van der Waals surface area (Å²) in [6.07, 6.45) is 0. The van der Waals surface area contributed by atoms with Crippen molar-refractivity contribution >= 4 is 0 Å². The zero-order chi connectivity index (χ0) is 23.4. The van der Waals surface area contributed by atoms with E-state index in [-0.39, 0.29) is 0 Å². The van der Waals surface area contributed by atoms with Crippen LogP contribution in [0.4, 0.5) is 52.7 Å². The minimum absolute atomic E-state index is 2.08. The number of aromatic nitrogens is 3. The predicted octanol–water partition coefficient (Wildman–Crippen LogP) is 4.72. The lowest BCUT2D eigenvalue weighted by Crippen LogP contribution is -2.21. The fraction of sp³-hybridized carbons (Fsp3) is 0.0625. The molecule has 0 atom stereocenters. The highest BCUT2D eigenvalue weighted by molar-refractivity contribution is 5.45. The fourth-order valence-electron chi connectivity index (χ4n) is 2.70. The van der Waals surface area contributed by atoms with E-state index in [2.05, 4.69) is 15.0 Å². The Hall–Kier alpha value is -3.39. The van der Waals surface area contributed by atoms with Crippen molar-refractivity contribution in [2.75, 3.05) is 0 Å². The smallest absolute Gasteiger partial charge is 0.201 e. The quantitative estimate of drug-likeness (QED) is 0.417. The summed E-state index contributed by atoms with van der Waals surface area (Å²) >= 11 is 0. The summed E-state index contributed by atoms with van der Waals surface area (Å²) in [4.78, 5) is 6.25. The van der Waals surface area contributed by atoms with Crippen LogP contribution >= 0.6 is 0 Å². The van der Waals surface area contributed by atoms with Gasteiger partial charge < -0.3 is 0 Å². The third-order valence-electron chi connectivity index (χ3n) is 3.96. The lowest BCUT2D eigenvalue weighted by atomic mass is 9.84. The summed E-state index contributed by atoms with van der Waals surface area (Å²) in [5.74, 6) is -34.7. The first kappa shape index (κ1) is 22.3.